The van der Waals surface area contributed by atoms with Crippen LogP contribution in [0.2, 0.25) is 5.02 Å². The Kier molecular flexibility index (Phi) is 3.99. The highest BCUT2D eigenvalue weighted by Crippen LogP contribution is 2.25. The van der Waals surface area contributed by atoms with Crippen LogP contribution in [0.3, 0.4) is 0 Å². The smallest absolute Gasteiger partial charge is 0.219 e. The fourth-order valence-electron chi connectivity index (χ4n) is 1.32. The predicted octanol–water partition coefficient (Wildman–Crippen LogP) is 4.54. The van der Waals surface area contributed by atoms with Crippen LogP contribution in [-0.4, -0.2) is 4.98 Å². The summed E-state index contributed by atoms with van der Waals surface area (Å²) in [4.78, 5) is 3.88. The summed E-state index contributed by atoms with van der Waals surface area (Å²) in [5, 5.41) is 0.405. The molecule has 0 fully saturated rings. The van der Waals surface area contributed by atoms with Crippen LogP contribution in [0.5, 0.6) is 11.6 Å². The lowest BCUT2D eigenvalue weighted by molar-refractivity contribution is 0.451. The van der Waals surface area contributed by atoms with Gasteiger partial charge in [0.1, 0.15) is 17.4 Å². The van der Waals surface area contributed by atoms with Crippen molar-refractivity contribution in [2.45, 2.75) is 5.88 Å². The maximum Gasteiger partial charge on any atom is 0.219 e. The Labute approximate surface area is 112 Å². The second-order valence-electron chi connectivity index (χ2n) is 3.45. The fraction of sp³-hybridized carbons (Fsp3) is 0.0833. The van der Waals surface area contributed by atoms with Crippen LogP contribution in [0, 0.1) is 11.6 Å². The average Bonchev–Trinajstić information content (AvgIpc) is 2.30. The zero-order valence-corrected chi connectivity index (χ0v) is 10.5. The molecule has 0 bridgehead atoms. The molecule has 0 unspecified atom stereocenters. The fourth-order valence-corrected chi connectivity index (χ4v) is 1.78. The number of nitrogens with zero attached hydrogens (tertiary/aromatic N) is 1. The third-order valence-electron chi connectivity index (χ3n) is 2.11. The van der Waals surface area contributed by atoms with Crippen LogP contribution < -0.4 is 4.74 Å². The van der Waals surface area contributed by atoms with Crippen molar-refractivity contribution in [1.82, 2.24) is 4.98 Å². The van der Waals surface area contributed by atoms with Crippen molar-refractivity contribution in [2.24, 2.45) is 0 Å². The number of alkyl halides is 1. The summed E-state index contributed by atoms with van der Waals surface area (Å²) >= 11 is 11.5. The molecule has 2 aromatic rings. The summed E-state index contributed by atoms with van der Waals surface area (Å²) in [7, 11) is 0. The largest absolute Gasteiger partial charge is 0.439 e. The van der Waals surface area contributed by atoms with E-state index in [9.17, 15) is 8.78 Å². The first-order valence-electron chi connectivity index (χ1n) is 4.93. The summed E-state index contributed by atoms with van der Waals surface area (Å²) < 4.78 is 31.1. The van der Waals surface area contributed by atoms with Gasteiger partial charge >= 0.3 is 0 Å². The number of halogens is 4. The van der Waals surface area contributed by atoms with Crippen LogP contribution in [-0.2, 0) is 5.88 Å². The molecule has 6 heteroatoms. The quantitative estimate of drug-likeness (QED) is 0.774. The van der Waals surface area contributed by atoms with Crippen molar-refractivity contribution in [1.29, 1.82) is 0 Å². The van der Waals surface area contributed by atoms with Gasteiger partial charge in [0.05, 0.1) is 5.02 Å². The summed E-state index contributed by atoms with van der Waals surface area (Å²) in [6.45, 7) is 0. The van der Waals surface area contributed by atoms with Crippen molar-refractivity contribution >= 4 is 23.2 Å². The van der Waals surface area contributed by atoms with Crippen molar-refractivity contribution < 1.29 is 13.5 Å². The molecule has 1 heterocycles. The Bertz CT molecular complexity index is 558. The zero-order chi connectivity index (χ0) is 13.1. The molecule has 1 aromatic heterocycles. The van der Waals surface area contributed by atoms with Gasteiger partial charge in [0.15, 0.2) is 0 Å². The first-order valence-corrected chi connectivity index (χ1v) is 5.84. The van der Waals surface area contributed by atoms with Crippen molar-refractivity contribution in [3.63, 3.8) is 0 Å². The molecule has 1 aromatic carbocycles. The lowest BCUT2D eigenvalue weighted by atomic mass is 10.3. The minimum Gasteiger partial charge on any atom is -0.439 e. The molecular formula is C12H7Cl2F2NO. The van der Waals surface area contributed by atoms with Crippen LogP contribution in [0.1, 0.15) is 5.56 Å². The van der Waals surface area contributed by atoms with Crippen molar-refractivity contribution in [2.75, 3.05) is 0 Å². The molecule has 0 spiro atoms. The molecule has 18 heavy (non-hydrogen) atoms. The van der Waals surface area contributed by atoms with E-state index in [4.69, 9.17) is 27.9 Å². The highest BCUT2D eigenvalue weighted by atomic mass is 35.5. The van der Waals surface area contributed by atoms with Gasteiger partial charge in [-0.3, -0.25) is 0 Å². The molecule has 0 aliphatic rings. The van der Waals surface area contributed by atoms with Gasteiger partial charge in [-0.2, -0.15) is 0 Å². The van der Waals surface area contributed by atoms with Gasteiger partial charge in [0.2, 0.25) is 5.88 Å². The van der Waals surface area contributed by atoms with Crippen LogP contribution in [0.4, 0.5) is 8.78 Å². The van der Waals surface area contributed by atoms with E-state index in [1.165, 1.54) is 12.3 Å². The number of benzene rings is 1. The second kappa shape index (κ2) is 5.50. The lowest BCUT2D eigenvalue weighted by Gasteiger charge is -2.07. The third-order valence-corrected chi connectivity index (χ3v) is 2.74. The third kappa shape index (κ3) is 3.09. The molecule has 0 aliphatic carbocycles. The first-order chi connectivity index (χ1) is 8.58. The maximum absolute atomic E-state index is 13.0. The Balaban J connectivity index is 2.28. The molecule has 94 valence electrons. The highest BCUT2D eigenvalue weighted by molar-refractivity contribution is 6.32. The first kappa shape index (κ1) is 13.1. The van der Waals surface area contributed by atoms with Gasteiger partial charge in [-0.1, -0.05) is 11.6 Å². The minimum absolute atomic E-state index is 0.0165. The summed E-state index contributed by atoms with van der Waals surface area (Å²) in [5.74, 6) is -1.08. The summed E-state index contributed by atoms with van der Waals surface area (Å²) in [6, 6.07) is 4.38. The van der Waals surface area contributed by atoms with Gasteiger partial charge in [0.25, 0.3) is 0 Å². The normalized spacial score (nSPS) is 10.4. The van der Waals surface area contributed by atoms with Crippen molar-refractivity contribution in [3.05, 3.63) is 52.7 Å². The standard InChI is InChI=1S/C12H7Cl2F2NO/c13-5-7-1-12(17-6-11(7)14)18-10-3-8(15)2-9(16)4-10/h1-4,6H,5H2. The summed E-state index contributed by atoms with van der Waals surface area (Å²) in [5.41, 5.74) is 0.625. The molecule has 0 N–H and O–H groups in total. The van der Waals surface area contributed by atoms with E-state index in [2.05, 4.69) is 4.98 Å². The minimum atomic E-state index is -0.725. The molecule has 0 atom stereocenters. The Morgan fingerprint density at radius 1 is 1.11 bits per heavy atom. The molecule has 0 saturated heterocycles. The number of rotatable bonds is 3. The molecule has 0 aliphatic heterocycles. The molecule has 2 nitrogen and oxygen atoms in total. The van der Waals surface area contributed by atoms with E-state index in [0.29, 0.717) is 10.6 Å². The Morgan fingerprint density at radius 3 is 2.39 bits per heavy atom. The monoisotopic (exact) mass is 289 g/mol. The van der Waals surface area contributed by atoms with E-state index >= 15 is 0 Å². The topological polar surface area (TPSA) is 22.1 Å². The van der Waals surface area contributed by atoms with E-state index in [1.807, 2.05) is 0 Å². The number of ether oxygens (including phenoxy) is 1. The molecule has 0 saturated carbocycles. The van der Waals surface area contributed by atoms with E-state index in [0.717, 1.165) is 18.2 Å². The van der Waals surface area contributed by atoms with Gasteiger partial charge in [-0.25, -0.2) is 13.8 Å². The maximum atomic E-state index is 13.0. The van der Waals surface area contributed by atoms with Gasteiger partial charge in [-0.15, -0.1) is 11.6 Å². The molecule has 2 rings (SSSR count). The average molecular weight is 290 g/mol. The SMILES string of the molecule is Fc1cc(F)cc(Oc2cc(CCl)c(Cl)cn2)c1. The number of hydrogen-bond acceptors (Lipinski definition) is 2. The number of aromatic nitrogens is 1. The van der Waals surface area contributed by atoms with E-state index in [1.54, 1.807) is 0 Å². The van der Waals surface area contributed by atoms with Gasteiger partial charge in [-0.05, 0) is 5.56 Å². The van der Waals surface area contributed by atoms with E-state index < -0.39 is 11.6 Å². The zero-order valence-electron chi connectivity index (χ0n) is 8.96. The molecule has 0 radical (unpaired) electrons. The van der Waals surface area contributed by atoms with Gasteiger partial charge < -0.3 is 4.74 Å². The number of pyridine rings is 1. The van der Waals surface area contributed by atoms with Crippen LogP contribution in [0.25, 0.3) is 0 Å². The molecule has 0 amide bonds. The highest BCUT2D eigenvalue weighted by Gasteiger charge is 2.06. The van der Waals surface area contributed by atoms with E-state index in [-0.39, 0.29) is 17.5 Å². The lowest BCUT2D eigenvalue weighted by Crippen LogP contribution is -1.92. The van der Waals surface area contributed by atoms with Crippen LogP contribution in [0.15, 0.2) is 30.5 Å². The summed E-state index contributed by atoms with van der Waals surface area (Å²) in [6.07, 6.45) is 1.37. The van der Waals surface area contributed by atoms with Crippen molar-refractivity contribution in [3.8, 4) is 11.6 Å². The van der Waals surface area contributed by atoms with Crippen LogP contribution >= 0.6 is 23.2 Å². The predicted molar refractivity (Wildman–Crippen MR) is 65.2 cm³/mol. The Hall–Kier alpha value is -1.39. The Morgan fingerprint density at radius 2 is 1.78 bits per heavy atom. The van der Waals surface area contributed by atoms with Gasteiger partial charge in [0, 0.05) is 36.3 Å². The second-order valence-corrected chi connectivity index (χ2v) is 4.13. The molecular weight excluding hydrogens is 283 g/mol. The number of hydrogen-bond donors (Lipinski definition) is 0.